The van der Waals surface area contributed by atoms with Crippen LogP contribution in [0.5, 0.6) is 0 Å². The standard InChI is InChI=1S/C28H20F3N3O/c1-18-9-13-24(14-10-18)34-26(21-12-11-19-5-2-3-6-20(19)15-21)17-25(33-34)27(35)32-23-8-4-7-22(16-23)28(29,30)31/h2-17H,1H3,(H,32,35). The Labute approximate surface area is 199 Å². The maximum Gasteiger partial charge on any atom is 0.416 e. The second-order valence-electron chi connectivity index (χ2n) is 8.26. The fourth-order valence-electron chi connectivity index (χ4n) is 3.90. The Kier molecular flexibility index (Phi) is 5.61. The number of amides is 1. The van der Waals surface area contributed by atoms with Crippen LogP contribution in [-0.4, -0.2) is 15.7 Å². The van der Waals surface area contributed by atoms with Crippen molar-refractivity contribution in [2.75, 3.05) is 5.32 Å². The number of hydrogen-bond acceptors (Lipinski definition) is 2. The van der Waals surface area contributed by atoms with Crippen molar-refractivity contribution in [1.82, 2.24) is 9.78 Å². The molecule has 0 spiro atoms. The Morgan fingerprint density at radius 1 is 0.829 bits per heavy atom. The summed E-state index contributed by atoms with van der Waals surface area (Å²) < 4.78 is 40.9. The van der Waals surface area contributed by atoms with Gasteiger partial charge in [-0.2, -0.15) is 18.3 Å². The first kappa shape index (κ1) is 22.4. The van der Waals surface area contributed by atoms with Crippen LogP contribution in [0.2, 0.25) is 0 Å². The zero-order valence-corrected chi connectivity index (χ0v) is 18.7. The lowest BCUT2D eigenvalue weighted by molar-refractivity contribution is -0.137. The Hall–Kier alpha value is -4.39. The fourth-order valence-corrected chi connectivity index (χ4v) is 3.90. The van der Waals surface area contributed by atoms with Gasteiger partial charge in [-0.05, 0) is 60.2 Å². The number of anilines is 1. The topological polar surface area (TPSA) is 46.9 Å². The normalized spacial score (nSPS) is 11.5. The summed E-state index contributed by atoms with van der Waals surface area (Å²) in [4.78, 5) is 13.0. The number of aromatic nitrogens is 2. The summed E-state index contributed by atoms with van der Waals surface area (Å²) in [6, 6.07) is 27.8. The van der Waals surface area contributed by atoms with Crippen LogP contribution in [0.15, 0.2) is 97.1 Å². The van der Waals surface area contributed by atoms with Crippen molar-refractivity contribution in [3.05, 3.63) is 114 Å². The summed E-state index contributed by atoms with van der Waals surface area (Å²) in [5.74, 6) is -0.600. The van der Waals surface area contributed by atoms with Gasteiger partial charge in [-0.3, -0.25) is 4.79 Å². The molecule has 0 radical (unpaired) electrons. The van der Waals surface area contributed by atoms with E-state index < -0.39 is 17.6 Å². The van der Waals surface area contributed by atoms with E-state index in [1.807, 2.05) is 73.7 Å². The van der Waals surface area contributed by atoms with Crippen molar-refractivity contribution in [2.24, 2.45) is 0 Å². The van der Waals surface area contributed by atoms with Gasteiger partial charge in [0.1, 0.15) is 0 Å². The van der Waals surface area contributed by atoms with E-state index >= 15 is 0 Å². The first-order valence-electron chi connectivity index (χ1n) is 10.9. The predicted molar refractivity (Wildman–Crippen MR) is 131 cm³/mol. The average Bonchev–Trinajstić information content (AvgIpc) is 3.30. The van der Waals surface area contributed by atoms with Crippen molar-refractivity contribution < 1.29 is 18.0 Å². The fraction of sp³-hybridized carbons (Fsp3) is 0.0714. The largest absolute Gasteiger partial charge is 0.416 e. The Balaban J connectivity index is 1.56. The van der Waals surface area contributed by atoms with E-state index in [2.05, 4.69) is 10.4 Å². The quantitative estimate of drug-likeness (QED) is 0.300. The summed E-state index contributed by atoms with van der Waals surface area (Å²) in [5, 5.41) is 9.18. The molecule has 1 N–H and O–H groups in total. The lowest BCUT2D eigenvalue weighted by Gasteiger charge is -2.09. The third-order valence-electron chi connectivity index (χ3n) is 5.71. The molecule has 4 nitrogen and oxygen atoms in total. The number of hydrogen-bond donors (Lipinski definition) is 1. The minimum Gasteiger partial charge on any atom is -0.321 e. The van der Waals surface area contributed by atoms with Gasteiger partial charge in [-0.1, -0.05) is 60.2 Å². The van der Waals surface area contributed by atoms with E-state index in [0.717, 1.165) is 39.7 Å². The molecule has 0 atom stereocenters. The van der Waals surface area contributed by atoms with E-state index in [-0.39, 0.29) is 11.4 Å². The van der Waals surface area contributed by atoms with Gasteiger partial charge >= 0.3 is 6.18 Å². The molecule has 1 aromatic heterocycles. The van der Waals surface area contributed by atoms with Crippen LogP contribution in [0.4, 0.5) is 18.9 Å². The van der Waals surface area contributed by atoms with Gasteiger partial charge in [0.2, 0.25) is 0 Å². The summed E-state index contributed by atoms with van der Waals surface area (Å²) in [5.41, 5.74) is 2.68. The highest BCUT2D eigenvalue weighted by atomic mass is 19.4. The molecule has 0 saturated heterocycles. The Morgan fingerprint density at radius 3 is 2.31 bits per heavy atom. The monoisotopic (exact) mass is 471 g/mol. The van der Waals surface area contributed by atoms with Gasteiger partial charge in [-0.15, -0.1) is 0 Å². The zero-order valence-electron chi connectivity index (χ0n) is 18.7. The molecule has 0 saturated carbocycles. The summed E-state index contributed by atoms with van der Waals surface area (Å²) in [6.45, 7) is 1.98. The molecule has 1 heterocycles. The molecule has 5 aromatic rings. The lowest BCUT2D eigenvalue weighted by atomic mass is 10.0. The second-order valence-corrected chi connectivity index (χ2v) is 8.26. The van der Waals surface area contributed by atoms with Crippen LogP contribution in [0.1, 0.15) is 21.6 Å². The van der Waals surface area contributed by atoms with Crippen LogP contribution in [0, 0.1) is 6.92 Å². The molecule has 0 aliphatic heterocycles. The van der Waals surface area contributed by atoms with Gasteiger partial charge in [0.25, 0.3) is 5.91 Å². The molecular weight excluding hydrogens is 451 g/mol. The van der Waals surface area contributed by atoms with Crippen molar-refractivity contribution in [3.8, 4) is 16.9 Å². The zero-order chi connectivity index (χ0) is 24.6. The van der Waals surface area contributed by atoms with Crippen molar-refractivity contribution >= 4 is 22.4 Å². The molecule has 35 heavy (non-hydrogen) atoms. The Morgan fingerprint density at radius 2 is 1.57 bits per heavy atom. The molecule has 4 aromatic carbocycles. The Bertz CT molecular complexity index is 1540. The number of fused-ring (bicyclic) bond motifs is 1. The van der Waals surface area contributed by atoms with Crippen LogP contribution < -0.4 is 5.32 Å². The van der Waals surface area contributed by atoms with Crippen molar-refractivity contribution in [3.63, 3.8) is 0 Å². The summed E-state index contributed by atoms with van der Waals surface area (Å²) >= 11 is 0. The highest BCUT2D eigenvalue weighted by molar-refractivity contribution is 6.03. The van der Waals surface area contributed by atoms with Gasteiger partial charge in [0, 0.05) is 11.3 Å². The van der Waals surface area contributed by atoms with Crippen LogP contribution in [0.3, 0.4) is 0 Å². The van der Waals surface area contributed by atoms with Gasteiger partial charge in [0.05, 0.1) is 16.9 Å². The first-order valence-corrected chi connectivity index (χ1v) is 10.9. The maximum atomic E-state index is 13.1. The van der Waals surface area contributed by atoms with Crippen molar-refractivity contribution in [2.45, 2.75) is 13.1 Å². The number of aryl methyl sites for hydroxylation is 1. The number of carbonyl (C=O) groups excluding carboxylic acids is 1. The molecule has 0 fully saturated rings. The van der Waals surface area contributed by atoms with E-state index in [1.54, 1.807) is 10.7 Å². The minimum atomic E-state index is -4.50. The lowest BCUT2D eigenvalue weighted by Crippen LogP contribution is -2.14. The van der Waals surface area contributed by atoms with E-state index in [1.165, 1.54) is 12.1 Å². The van der Waals surface area contributed by atoms with Gasteiger partial charge < -0.3 is 5.32 Å². The SMILES string of the molecule is Cc1ccc(-n2nc(C(=O)Nc3cccc(C(F)(F)F)c3)cc2-c2ccc3ccccc3c2)cc1. The second kappa shape index (κ2) is 8.76. The van der Waals surface area contributed by atoms with Gasteiger partial charge in [-0.25, -0.2) is 4.68 Å². The van der Waals surface area contributed by atoms with Crippen molar-refractivity contribution in [1.29, 1.82) is 0 Å². The average molecular weight is 471 g/mol. The minimum absolute atomic E-state index is 0.0435. The molecule has 174 valence electrons. The summed E-state index contributed by atoms with van der Waals surface area (Å²) in [6.07, 6.45) is -4.50. The third-order valence-corrected chi connectivity index (χ3v) is 5.71. The molecule has 1 amide bonds. The predicted octanol–water partition coefficient (Wildman–Crippen LogP) is 7.27. The molecular formula is C28H20F3N3O. The van der Waals surface area contributed by atoms with E-state index in [0.29, 0.717) is 5.69 Å². The number of benzene rings is 4. The number of nitrogens with zero attached hydrogens (tertiary/aromatic N) is 2. The molecule has 0 aliphatic carbocycles. The summed E-state index contributed by atoms with van der Waals surface area (Å²) in [7, 11) is 0. The van der Waals surface area contributed by atoms with E-state index in [4.69, 9.17) is 0 Å². The van der Waals surface area contributed by atoms with Crippen LogP contribution >= 0.6 is 0 Å². The highest BCUT2D eigenvalue weighted by Gasteiger charge is 2.30. The molecule has 5 rings (SSSR count). The smallest absolute Gasteiger partial charge is 0.321 e. The van der Waals surface area contributed by atoms with Crippen LogP contribution in [0.25, 0.3) is 27.7 Å². The molecule has 0 aliphatic rings. The number of rotatable bonds is 4. The number of carbonyl (C=O) groups is 1. The number of halogens is 3. The maximum absolute atomic E-state index is 13.1. The first-order chi connectivity index (χ1) is 16.8. The number of alkyl halides is 3. The molecule has 0 unspecified atom stereocenters. The number of nitrogens with one attached hydrogen (secondary N) is 1. The van der Waals surface area contributed by atoms with Crippen LogP contribution in [-0.2, 0) is 6.18 Å². The third kappa shape index (κ3) is 4.66. The molecule has 0 bridgehead atoms. The highest BCUT2D eigenvalue weighted by Crippen LogP contribution is 2.31. The van der Waals surface area contributed by atoms with E-state index in [9.17, 15) is 18.0 Å². The van der Waals surface area contributed by atoms with Gasteiger partial charge in [0.15, 0.2) is 5.69 Å². The molecule has 7 heteroatoms.